The van der Waals surface area contributed by atoms with Crippen LogP contribution in [0.25, 0.3) is 0 Å². The molecule has 0 heterocycles. The molecule has 0 aliphatic rings. The fraction of sp³-hybridized carbons (Fsp3) is 0.929. The molecule has 0 aromatic carbocycles. The lowest BCUT2D eigenvalue weighted by Gasteiger charge is -2.36. The van der Waals surface area contributed by atoms with Crippen LogP contribution in [0, 0.1) is 10.8 Å². The molecule has 3 N–H and O–H groups in total. The van der Waals surface area contributed by atoms with E-state index < -0.39 is 6.04 Å². The van der Waals surface area contributed by atoms with Crippen molar-refractivity contribution >= 4 is 5.91 Å². The molecule has 1 amide bonds. The zero-order valence-corrected chi connectivity index (χ0v) is 12.8. The van der Waals surface area contributed by atoms with Crippen molar-refractivity contribution in [1.82, 2.24) is 5.32 Å². The molecule has 3 nitrogen and oxygen atoms in total. The molecule has 102 valence electrons. The molecule has 0 aromatic rings. The van der Waals surface area contributed by atoms with E-state index in [9.17, 15) is 4.79 Å². The Kier molecular flexibility index (Phi) is 4.80. The Labute approximate surface area is 107 Å². The molecular formula is C14H30N2O. The summed E-state index contributed by atoms with van der Waals surface area (Å²) in [4.78, 5) is 12.1. The van der Waals surface area contributed by atoms with Gasteiger partial charge in [0.2, 0.25) is 5.91 Å². The number of hydrogen-bond donors (Lipinski definition) is 2. The van der Waals surface area contributed by atoms with Crippen molar-refractivity contribution in [3.8, 4) is 0 Å². The van der Waals surface area contributed by atoms with E-state index in [1.165, 1.54) is 0 Å². The van der Waals surface area contributed by atoms with Crippen molar-refractivity contribution in [1.29, 1.82) is 0 Å². The second-order valence-corrected chi connectivity index (χ2v) is 7.95. The van der Waals surface area contributed by atoms with E-state index in [1.807, 2.05) is 34.6 Å². The third-order valence-electron chi connectivity index (χ3n) is 2.65. The van der Waals surface area contributed by atoms with Crippen LogP contribution < -0.4 is 11.1 Å². The highest BCUT2D eigenvalue weighted by molar-refractivity contribution is 5.82. The Morgan fingerprint density at radius 3 is 1.76 bits per heavy atom. The summed E-state index contributed by atoms with van der Waals surface area (Å²) in [6.45, 7) is 16.5. The predicted octanol–water partition coefficient (Wildman–Crippen LogP) is 2.69. The normalized spacial score (nSPS) is 15.6. The van der Waals surface area contributed by atoms with E-state index in [0.717, 1.165) is 6.42 Å². The largest absolute Gasteiger partial charge is 0.350 e. The average Bonchev–Trinajstić information content (AvgIpc) is 1.94. The molecule has 0 fully saturated rings. The zero-order chi connectivity index (χ0) is 14.1. The SMILES string of the molecule is CC(C)(C)CC(C)(C)NC(=O)[C@H](N)C(C)(C)C. The van der Waals surface area contributed by atoms with Gasteiger partial charge in [-0.1, -0.05) is 41.5 Å². The average molecular weight is 242 g/mol. The molecule has 1 atom stereocenters. The Morgan fingerprint density at radius 2 is 1.47 bits per heavy atom. The third-order valence-corrected chi connectivity index (χ3v) is 2.65. The number of carbonyl (C=O) groups is 1. The van der Waals surface area contributed by atoms with Gasteiger partial charge >= 0.3 is 0 Å². The Morgan fingerprint density at radius 1 is 1.06 bits per heavy atom. The van der Waals surface area contributed by atoms with Crippen LogP contribution in [0.2, 0.25) is 0 Å². The maximum atomic E-state index is 12.1. The molecule has 0 aromatic heterocycles. The van der Waals surface area contributed by atoms with Crippen molar-refractivity contribution in [2.24, 2.45) is 16.6 Å². The number of amides is 1. The maximum Gasteiger partial charge on any atom is 0.237 e. The number of carbonyl (C=O) groups excluding carboxylic acids is 1. The van der Waals surface area contributed by atoms with Crippen molar-refractivity contribution < 1.29 is 4.79 Å². The van der Waals surface area contributed by atoms with Gasteiger partial charge in [0.15, 0.2) is 0 Å². The molecule has 0 rings (SSSR count). The summed E-state index contributed by atoms with van der Waals surface area (Å²) in [6.07, 6.45) is 0.919. The summed E-state index contributed by atoms with van der Waals surface area (Å²) < 4.78 is 0. The quantitative estimate of drug-likeness (QED) is 0.799. The lowest BCUT2D eigenvalue weighted by molar-refractivity contribution is -0.126. The van der Waals surface area contributed by atoms with E-state index in [1.54, 1.807) is 0 Å². The predicted molar refractivity (Wildman–Crippen MR) is 73.7 cm³/mol. The second-order valence-electron chi connectivity index (χ2n) is 7.95. The lowest BCUT2D eigenvalue weighted by atomic mass is 9.81. The van der Waals surface area contributed by atoms with Gasteiger partial charge in [-0.25, -0.2) is 0 Å². The van der Waals surface area contributed by atoms with E-state index >= 15 is 0 Å². The van der Waals surface area contributed by atoms with Gasteiger partial charge in [0.1, 0.15) is 0 Å². The highest BCUT2D eigenvalue weighted by Crippen LogP contribution is 2.27. The van der Waals surface area contributed by atoms with Gasteiger partial charge in [-0.05, 0) is 31.1 Å². The second kappa shape index (κ2) is 4.97. The third kappa shape index (κ3) is 6.67. The number of rotatable bonds is 3. The fourth-order valence-electron chi connectivity index (χ4n) is 2.17. The standard InChI is InChI=1S/C14H30N2O/c1-12(2,3)9-14(7,8)16-11(17)10(15)13(4,5)6/h10H,9,15H2,1-8H3,(H,16,17)/t10-/m0/s1. The van der Waals surface area contributed by atoms with Gasteiger partial charge in [0, 0.05) is 5.54 Å². The maximum absolute atomic E-state index is 12.1. The van der Waals surface area contributed by atoms with Crippen molar-refractivity contribution in [2.75, 3.05) is 0 Å². The first-order valence-corrected chi connectivity index (χ1v) is 6.32. The Balaban J connectivity index is 4.58. The van der Waals surface area contributed by atoms with Gasteiger partial charge in [-0.3, -0.25) is 4.79 Å². The molecule has 0 unspecified atom stereocenters. The molecule has 0 aliphatic carbocycles. The van der Waals surface area contributed by atoms with Crippen LogP contribution in [-0.2, 0) is 4.79 Å². The highest BCUT2D eigenvalue weighted by atomic mass is 16.2. The van der Waals surface area contributed by atoms with Crippen molar-refractivity contribution in [2.45, 2.75) is 73.4 Å². The molecular weight excluding hydrogens is 212 g/mol. The summed E-state index contributed by atoms with van der Waals surface area (Å²) in [6, 6.07) is -0.471. The minimum Gasteiger partial charge on any atom is -0.350 e. The van der Waals surface area contributed by atoms with Crippen LogP contribution >= 0.6 is 0 Å². The topological polar surface area (TPSA) is 55.1 Å². The van der Waals surface area contributed by atoms with Gasteiger partial charge < -0.3 is 11.1 Å². The first-order chi connectivity index (χ1) is 7.25. The summed E-state index contributed by atoms with van der Waals surface area (Å²) in [7, 11) is 0. The van der Waals surface area contributed by atoms with E-state index in [4.69, 9.17) is 5.73 Å². The highest BCUT2D eigenvalue weighted by Gasteiger charge is 2.32. The van der Waals surface area contributed by atoms with Crippen LogP contribution in [0.3, 0.4) is 0 Å². The molecule has 17 heavy (non-hydrogen) atoms. The number of hydrogen-bond acceptors (Lipinski definition) is 2. The fourth-order valence-corrected chi connectivity index (χ4v) is 2.17. The van der Waals surface area contributed by atoms with Gasteiger partial charge in [0.25, 0.3) is 0 Å². The van der Waals surface area contributed by atoms with Crippen LogP contribution in [0.5, 0.6) is 0 Å². The minimum absolute atomic E-state index is 0.0632. The monoisotopic (exact) mass is 242 g/mol. The van der Waals surface area contributed by atoms with Crippen LogP contribution in [-0.4, -0.2) is 17.5 Å². The summed E-state index contributed by atoms with van der Waals surface area (Å²) in [5.41, 5.74) is 5.71. The number of nitrogens with two attached hydrogens (primary N) is 1. The zero-order valence-electron chi connectivity index (χ0n) is 12.8. The summed E-state index contributed by atoms with van der Waals surface area (Å²) >= 11 is 0. The van der Waals surface area contributed by atoms with E-state index in [2.05, 4.69) is 26.1 Å². The molecule has 0 saturated carbocycles. The first-order valence-electron chi connectivity index (χ1n) is 6.32. The molecule has 0 saturated heterocycles. The van der Waals surface area contributed by atoms with Crippen molar-refractivity contribution in [3.05, 3.63) is 0 Å². The Hall–Kier alpha value is -0.570. The molecule has 0 radical (unpaired) electrons. The first kappa shape index (κ1) is 16.4. The Bertz CT molecular complexity index is 269. The molecule has 0 aliphatic heterocycles. The smallest absolute Gasteiger partial charge is 0.237 e. The molecule has 3 heteroatoms. The lowest BCUT2D eigenvalue weighted by Crippen LogP contribution is -2.55. The number of nitrogens with one attached hydrogen (secondary N) is 1. The van der Waals surface area contributed by atoms with E-state index in [0.29, 0.717) is 0 Å². The molecule has 0 spiro atoms. The van der Waals surface area contributed by atoms with E-state index in [-0.39, 0.29) is 22.3 Å². The molecule has 0 bridgehead atoms. The summed E-state index contributed by atoms with van der Waals surface area (Å²) in [5, 5.41) is 3.06. The van der Waals surface area contributed by atoms with Crippen LogP contribution in [0.15, 0.2) is 0 Å². The van der Waals surface area contributed by atoms with Crippen LogP contribution in [0.1, 0.15) is 61.8 Å². The van der Waals surface area contributed by atoms with Crippen molar-refractivity contribution in [3.63, 3.8) is 0 Å². The van der Waals surface area contributed by atoms with Crippen LogP contribution in [0.4, 0.5) is 0 Å². The van der Waals surface area contributed by atoms with Gasteiger partial charge in [0.05, 0.1) is 6.04 Å². The minimum atomic E-state index is -0.471. The summed E-state index contributed by atoms with van der Waals surface area (Å²) in [5.74, 6) is -0.0632. The van der Waals surface area contributed by atoms with Gasteiger partial charge in [-0.15, -0.1) is 0 Å². The van der Waals surface area contributed by atoms with Gasteiger partial charge in [-0.2, -0.15) is 0 Å².